The Bertz CT molecular complexity index is 340. The van der Waals surface area contributed by atoms with E-state index in [0.717, 1.165) is 0 Å². The van der Waals surface area contributed by atoms with Gasteiger partial charge in [0, 0.05) is 4.53 Å². The molecule has 0 aliphatic carbocycles. The van der Waals surface area contributed by atoms with Gasteiger partial charge in [-0.1, -0.05) is 26.0 Å². The fourth-order valence-electron chi connectivity index (χ4n) is 1.17. The fraction of sp³-hybridized carbons (Fsp3) is 0.385. The van der Waals surface area contributed by atoms with Crippen molar-refractivity contribution in [1.29, 1.82) is 0 Å². The quantitative estimate of drug-likeness (QED) is 0.575. The van der Waals surface area contributed by atoms with Crippen LogP contribution in [0.15, 0.2) is 18.5 Å². The largest absolute Gasteiger partial charge is 0.144 e. The highest BCUT2D eigenvalue weighted by molar-refractivity contribution is 7.07. The molecule has 0 nitrogen and oxygen atoms in total. The second-order valence-corrected chi connectivity index (χ2v) is 3.68. The van der Waals surface area contributed by atoms with E-state index in [9.17, 15) is 0 Å². The van der Waals surface area contributed by atoms with E-state index < -0.39 is 0 Å². The Hall–Kier alpha value is -0.820. The first kappa shape index (κ1) is 15.6. The SMILES string of the molecule is C=C.C=c1scc(C)c1=C(C)C.CC. The molecule has 1 rings (SSSR count). The molecule has 0 radical (unpaired) electrons. The van der Waals surface area contributed by atoms with Crippen molar-refractivity contribution in [1.82, 2.24) is 0 Å². The number of rotatable bonds is 0. The number of thiophene rings is 1. The summed E-state index contributed by atoms with van der Waals surface area (Å²) in [5.74, 6) is 0. The van der Waals surface area contributed by atoms with E-state index in [1.807, 2.05) is 13.8 Å². The molecule has 1 aromatic rings. The van der Waals surface area contributed by atoms with Crippen LogP contribution in [0.5, 0.6) is 0 Å². The second kappa shape index (κ2) is 8.76. The molecule has 0 N–H and O–H groups in total. The minimum Gasteiger partial charge on any atom is -0.144 e. The molecular formula is C13H22S. The first-order valence-electron chi connectivity index (χ1n) is 4.83. The van der Waals surface area contributed by atoms with Crippen molar-refractivity contribution in [2.75, 3.05) is 0 Å². The van der Waals surface area contributed by atoms with Crippen LogP contribution in [0.2, 0.25) is 0 Å². The van der Waals surface area contributed by atoms with Gasteiger partial charge >= 0.3 is 0 Å². The fourth-order valence-corrected chi connectivity index (χ4v) is 2.09. The lowest BCUT2D eigenvalue weighted by Gasteiger charge is -1.86. The zero-order valence-corrected chi connectivity index (χ0v) is 10.9. The van der Waals surface area contributed by atoms with E-state index in [1.54, 1.807) is 11.3 Å². The first-order valence-corrected chi connectivity index (χ1v) is 5.71. The summed E-state index contributed by atoms with van der Waals surface area (Å²) in [6, 6.07) is 0. The molecular weight excluding hydrogens is 188 g/mol. The van der Waals surface area contributed by atoms with Crippen molar-refractivity contribution in [3.63, 3.8) is 0 Å². The maximum Gasteiger partial charge on any atom is 0.0272 e. The smallest absolute Gasteiger partial charge is 0.0272 e. The minimum atomic E-state index is 1.19. The molecule has 1 heterocycles. The molecule has 0 spiro atoms. The van der Waals surface area contributed by atoms with Crippen molar-refractivity contribution in [3.05, 3.63) is 33.9 Å². The minimum absolute atomic E-state index is 1.19. The monoisotopic (exact) mass is 210 g/mol. The predicted molar refractivity (Wildman–Crippen MR) is 71.2 cm³/mol. The Morgan fingerprint density at radius 3 is 1.79 bits per heavy atom. The van der Waals surface area contributed by atoms with Crippen molar-refractivity contribution in [2.24, 2.45) is 0 Å². The van der Waals surface area contributed by atoms with Crippen molar-refractivity contribution in [2.45, 2.75) is 34.6 Å². The van der Waals surface area contributed by atoms with E-state index in [-0.39, 0.29) is 0 Å². The highest BCUT2D eigenvalue weighted by Gasteiger charge is 1.92. The topological polar surface area (TPSA) is 0 Å². The zero-order chi connectivity index (χ0) is 11.7. The number of hydrogen-bond donors (Lipinski definition) is 0. The average Bonchev–Trinajstić information content (AvgIpc) is 2.52. The van der Waals surface area contributed by atoms with Gasteiger partial charge in [-0.15, -0.1) is 24.5 Å². The molecule has 0 aliphatic heterocycles. The Balaban J connectivity index is 0. The molecule has 0 unspecified atom stereocenters. The van der Waals surface area contributed by atoms with Crippen LogP contribution in [0.4, 0.5) is 0 Å². The van der Waals surface area contributed by atoms with Crippen molar-refractivity contribution >= 4 is 23.5 Å². The van der Waals surface area contributed by atoms with Gasteiger partial charge in [-0.25, -0.2) is 0 Å². The maximum absolute atomic E-state index is 3.96. The van der Waals surface area contributed by atoms with Gasteiger partial charge in [0.15, 0.2) is 0 Å². The summed E-state index contributed by atoms with van der Waals surface area (Å²) in [4.78, 5) is 0. The summed E-state index contributed by atoms with van der Waals surface area (Å²) < 4.78 is 1.19. The van der Waals surface area contributed by atoms with Gasteiger partial charge in [0.05, 0.1) is 0 Å². The van der Waals surface area contributed by atoms with Gasteiger partial charge in [-0.3, -0.25) is 0 Å². The van der Waals surface area contributed by atoms with Crippen LogP contribution >= 0.6 is 11.3 Å². The number of hydrogen-bond acceptors (Lipinski definition) is 1. The Morgan fingerprint density at radius 2 is 1.64 bits per heavy atom. The summed E-state index contributed by atoms with van der Waals surface area (Å²) in [7, 11) is 0. The molecule has 1 heteroatoms. The van der Waals surface area contributed by atoms with E-state index in [2.05, 4.69) is 45.9 Å². The molecule has 0 aromatic carbocycles. The van der Waals surface area contributed by atoms with Crippen LogP contribution in [0.3, 0.4) is 0 Å². The molecule has 0 atom stereocenters. The molecule has 0 amide bonds. The van der Waals surface area contributed by atoms with E-state index in [1.165, 1.54) is 20.9 Å². The molecule has 80 valence electrons. The molecule has 14 heavy (non-hydrogen) atoms. The third-order valence-corrected chi connectivity index (χ3v) is 2.51. The summed E-state index contributed by atoms with van der Waals surface area (Å²) >= 11 is 1.73. The van der Waals surface area contributed by atoms with Crippen molar-refractivity contribution < 1.29 is 0 Å². The lowest BCUT2D eigenvalue weighted by atomic mass is 10.2. The van der Waals surface area contributed by atoms with Crippen LogP contribution in [0.1, 0.15) is 33.3 Å². The van der Waals surface area contributed by atoms with Crippen LogP contribution in [0.25, 0.3) is 12.2 Å². The zero-order valence-electron chi connectivity index (χ0n) is 10.1. The lowest BCUT2D eigenvalue weighted by Crippen LogP contribution is -2.20. The third kappa shape index (κ3) is 4.43. The summed E-state index contributed by atoms with van der Waals surface area (Å²) in [6.07, 6.45) is 0. The van der Waals surface area contributed by atoms with Gasteiger partial charge in [-0.05, 0) is 36.9 Å². The number of aryl methyl sites for hydroxylation is 1. The van der Waals surface area contributed by atoms with Gasteiger partial charge < -0.3 is 0 Å². The van der Waals surface area contributed by atoms with E-state index in [0.29, 0.717) is 0 Å². The summed E-state index contributed by atoms with van der Waals surface area (Å²) in [5, 5.41) is 3.51. The second-order valence-electron chi connectivity index (χ2n) is 2.72. The standard InChI is InChI=1S/C9H12S.C2H6.C2H4/c1-6(2)9-7(3)5-10-8(9)4;2*1-2/h5H,4H2,1-3H3;1-2H3;1-2H2. The van der Waals surface area contributed by atoms with Gasteiger partial charge in [0.1, 0.15) is 0 Å². The van der Waals surface area contributed by atoms with Crippen LogP contribution < -0.4 is 9.75 Å². The van der Waals surface area contributed by atoms with E-state index in [4.69, 9.17) is 0 Å². The molecule has 0 saturated heterocycles. The molecule has 0 bridgehead atoms. The Kier molecular flexibility index (Phi) is 9.79. The van der Waals surface area contributed by atoms with Gasteiger partial charge in [0.2, 0.25) is 0 Å². The lowest BCUT2D eigenvalue weighted by molar-refractivity contribution is 1.41. The van der Waals surface area contributed by atoms with Gasteiger partial charge in [0.25, 0.3) is 0 Å². The highest BCUT2D eigenvalue weighted by atomic mass is 32.1. The molecule has 0 fully saturated rings. The van der Waals surface area contributed by atoms with Gasteiger partial charge in [-0.2, -0.15) is 0 Å². The molecule has 0 saturated carbocycles. The van der Waals surface area contributed by atoms with Crippen molar-refractivity contribution in [3.8, 4) is 0 Å². The first-order chi connectivity index (χ1) is 6.63. The maximum atomic E-state index is 3.96. The van der Waals surface area contributed by atoms with E-state index >= 15 is 0 Å². The Labute approximate surface area is 92.3 Å². The molecule has 1 aromatic heterocycles. The highest BCUT2D eigenvalue weighted by Crippen LogP contribution is 1.93. The van der Waals surface area contributed by atoms with Crippen LogP contribution in [0, 0.1) is 6.92 Å². The van der Waals surface area contributed by atoms with Crippen LogP contribution in [-0.4, -0.2) is 0 Å². The summed E-state index contributed by atoms with van der Waals surface area (Å²) in [5.41, 5.74) is 2.72. The predicted octanol–water partition coefficient (Wildman–Crippen LogP) is 3.49. The average molecular weight is 210 g/mol. The Morgan fingerprint density at radius 1 is 1.21 bits per heavy atom. The third-order valence-electron chi connectivity index (χ3n) is 1.55. The van der Waals surface area contributed by atoms with Crippen LogP contribution in [-0.2, 0) is 0 Å². The normalized spacial score (nSPS) is 7.79. The molecule has 0 aliphatic rings. The summed E-state index contributed by atoms with van der Waals surface area (Å²) in [6.45, 7) is 20.4.